The van der Waals surface area contributed by atoms with Gasteiger partial charge in [0.15, 0.2) is 0 Å². The number of ether oxygens (including phenoxy) is 3. The largest absolute Gasteiger partial charge is 0.375 e. The maximum atomic E-state index is 5.93. The SMILES string of the molecule is COC(C[SiH3])C(Cl)(OC)OC. The second-order valence-corrected chi connectivity index (χ2v) is 3.47. The molecule has 0 aliphatic heterocycles. The molecule has 0 fully saturated rings. The average Bonchev–Trinajstić information content (AvgIpc) is 2.06. The first-order valence-electron chi connectivity index (χ1n) is 3.46. The summed E-state index contributed by atoms with van der Waals surface area (Å²) in [5.74, 6) is 0. The molecule has 0 radical (unpaired) electrons. The highest BCUT2D eigenvalue weighted by molar-refractivity contribution is 6.23. The number of methoxy groups -OCH3 is 3. The van der Waals surface area contributed by atoms with Crippen LogP contribution in [0.15, 0.2) is 0 Å². The van der Waals surface area contributed by atoms with E-state index in [4.69, 9.17) is 25.8 Å². The smallest absolute Gasteiger partial charge is 0.274 e. The summed E-state index contributed by atoms with van der Waals surface area (Å²) in [7, 11) is 5.60. The number of alkyl halides is 1. The Labute approximate surface area is 75.4 Å². The van der Waals surface area contributed by atoms with Crippen LogP contribution in [0.25, 0.3) is 0 Å². The van der Waals surface area contributed by atoms with Crippen LogP contribution in [-0.2, 0) is 14.2 Å². The Morgan fingerprint density at radius 2 is 1.82 bits per heavy atom. The van der Waals surface area contributed by atoms with E-state index in [1.165, 1.54) is 14.2 Å². The molecule has 0 spiro atoms. The van der Waals surface area contributed by atoms with Gasteiger partial charge in [0.1, 0.15) is 6.10 Å². The minimum Gasteiger partial charge on any atom is -0.375 e. The van der Waals surface area contributed by atoms with Gasteiger partial charge in [-0.25, -0.2) is 0 Å². The Hall–Kier alpha value is 0.387. The molecule has 0 aromatic carbocycles. The molecule has 0 saturated carbocycles. The minimum absolute atomic E-state index is 0.189. The molecule has 0 heterocycles. The topological polar surface area (TPSA) is 27.7 Å². The monoisotopic (exact) mass is 198 g/mol. The van der Waals surface area contributed by atoms with E-state index in [0.29, 0.717) is 0 Å². The molecule has 11 heavy (non-hydrogen) atoms. The molecular formula is C6H15ClO3Si. The molecule has 0 rings (SSSR count). The van der Waals surface area contributed by atoms with E-state index in [0.717, 1.165) is 16.3 Å². The highest BCUT2D eigenvalue weighted by Gasteiger charge is 2.36. The third kappa shape index (κ3) is 2.72. The normalized spacial score (nSPS) is 15.3. The van der Waals surface area contributed by atoms with Crippen molar-refractivity contribution in [2.45, 2.75) is 17.4 Å². The van der Waals surface area contributed by atoms with Crippen molar-refractivity contribution in [2.24, 2.45) is 0 Å². The van der Waals surface area contributed by atoms with Gasteiger partial charge in [-0.2, -0.15) is 0 Å². The van der Waals surface area contributed by atoms with E-state index in [1.54, 1.807) is 7.11 Å². The van der Waals surface area contributed by atoms with E-state index in [2.05, 4.69) is 0 Å². The Bertz CT molecular complexity index is 104. The third-order valence-electron chi connectivity index (χ3n) is 1.60. The summed E-state index contributed by atoms with van der Waals surface area (Å²) < 4.78 is 15.0. The van der Waals surface area contributed by atoms with Crippen LogP contribution < -0.4 is 0 Å². The minimum atomic E-state index is -1.11. The quantitative estimate of drug-likeness (QED) is 0.353. The van der Waals surface area contributed by atoms with Gasteiger partial charge in [0.2, 0.25) is 0 Å². The van der Waals surface area contributed by atoms with E-state index < -0.39 is 5.25 Å². The summed E-state index contributed by atoms with van der Waals surface area (Å²) in [6.07, 6.45) is -0.189. The molecule has 68 valence electrons. The molecule has 0 amide bonds. The van der Waals surface area contributed by atoms with E-state index in [-0.39, 0.29) is 6.10 Å². The fourth-order valence-electron chi connectivity index (χ4n) is 0.897. The van der Waals surface area contributed by atoms with Crippen molar-refractivity contribution < 1.29 is 14.2 Å². The van der Waals surface area contributed by atoms with Gasteiger partial charge in [-0.3, -0.25) is 0 Å². The van der Waals surface area contributed by atoms with E-state index in [1.807, 2.05) is 0 Å². The molecule has 0 saturated heterocycles. The lowest BCUT2D eigenvalue weighted by Gasteiger charge is -2.30. The first-order valence-corrected chi connectivity index (χ1v) is 5.25. The van der Waals surface area contributed by atoms with Crippen molar-refractivity contribution in [1.82, 2.24) is 0 Å². The Balaban J connectivity index is 4.19. The van der Waals surface area contributed by atoms with Crippen LogP contribution in [-0.4, -0.2) is 42.9 Å². The average molecular weight is 199 g/mol. The molecule has 0 aliphatic rings. The summed E-state index contributed by atoms with van der Waals surface area (Å²) in [5, 5.41) is -1.11. The van der Waals surface area contributed by atoms with Gasteiger partial charge in [-0.05, 0) is 6.04 Å². The van der Waals surface area contributed by atoms with Crippen LogP contribution in [0.5, 0.6) is 0 Å². The molecule has 5 heteroatoms. The van der Waals surface area contributed by atoms with Crippen LogP contribution in [0.3, 0.4) is 0 Å². The van der Waals surface area contributed by atoms with Crippen LogP contribution in [0.2, 0.25) is 6.04 Å². The fraction of sp³-hybridized carbons (Fsp3) is 1.00. The van der Waals surface area contributed by atoms with Gasteiger partial charge in [0.25, 0.3) is 5.25 Å². The summed E-state index contributed by atoms with van der Waals surface area (Å²) in [5.41, 5.74) is 0. The summed E-state index contributed by atoms with van der Waals surface area (Å²) in [6, 6.07) is 0.877. The van der Waals surface area contributed by atoms with Gasteiger partial charge < -0.3 is 14.2 Å². The fourth-order valence-corrected chi connectivity index (χ4v) is 2.27. The molecule has 1 unspecified atom stereocenters. The molecule has 0 aromatic heterocycles. The predicted molar refractivity (Wildman–Crippen MR) is 48.1 cm³/mol. The van der Waals surface area contributed by atoms with Crippen molar-refractivity contribution >= 4 is 21.8 Å². The first-order chi connectivity index (χ1) is 5.14. The van der Waals surface area contributed by atoms with Crippen molar-refractivity contribution in [2.75, 3.05) is 21.3 Å². The van der Waals surface area contributed by atoms with Crippen molar-refractivity contribution in [1.29, 1.82) is 0 Å². The summed E-state index contributed by atoms with van der Waals surface area (Å²) in [4.78, 5) is 0. The van der Waals surface area contributed by atoms with Gasteiger partial charge in [0.05, 0.1) is 0 Å². The van der Waals surface area contributed by atoms with Gasteiger partial charge >= 0.3 is 0 Å². The second kappa shape index (κ2) is 5.11. The lowest BCUT2D eigenvalue weighted by Crippen LogP contribution is -2.41. The van der Waals surface area contributed by atoms with Gasteiger partial charge in [-0.1, -0.05) is 11.6 Å². The second-order valence-electron chi connectivity index (χ2n) is 2.12. The standard InChI is InChI=1S/C6H15ClO3Si/c1-8-5(4-11)6(7,9-2)10-3/h5H,4H2,1-3,11H3. The van der Waals surface area contributed by atoms with Crippen LogP contribution in [0.1, 0.15) is 0 Å². The summed E-state index contributed by atoms with van der Waals surface area (Å²) >= 11 is 5.93. The van der Waals surface area contributed by atoms with Crippen LogP contribution in [0.4, 0.5) is 0 Å². The zero-order valence-corrected chi connectivity index (χ0v) is 10.1. The van der Waals surface area contributed by atoms with Gasteiger partial charge in [0, 0.05) is 31.6 Å². The third-order valence-corrected chi connectivity index (χ3v) is 2.89. The maximum Gasteiger partial charge on any atom is 0.274 e. The molecule has 0 bridgehead atoms. The molecular weight excluding hydrogens is 184 g/mol. The Kier molecular flexibility index (Phi) is 5.29. The highest BCUT2D eigenvalue weighted by atomic mass is 35.5. The summed E-state index contributed by atoms with van der Waals surface area (Å²) in [6.45, 7) is 0. The number of halogens is 1. The Morgan fingerprint density at radius 3 is 1.91 bits per heavy atom. The molecule has 1 atom stereocenters. The van der Waals surface area contributed by atoms with Gasteiger partial charge in [-0.15, -0.1) is 0 Å². The zero-order chi connectivity index (χ0) is 8.91. The zero-order valence-electron chi connectivity index (χ0n) is 7.39. The lowest BCUT2D eigenvalue weighted by molar-refractivity contribution is -0.201. The van der Waals surface area contributed by atoms with E-state index in [9.17, 15) is 0 Å². The van der Waals surface area contributed by atoms with Crippen LogP contribution >= 0.6 is 11.6 Å². The van der Waals surface area contributed by atoms with E-state index >= 15 is 0 Å². The maximum absolute atomic E-state index is 5.93. The molecule has 0 N–H and O–H groups in total. The van der Waals surface area contributed by atoms with Crippen molar-refractivity contribution in [3.05, 3.63) is 0 Å². The first kappa shape index (κ1) is 11.4. The highest BCUT2D eigenvalue weighted by Crippen LogP contribution is 2.25. The van der Waals surface area contributed by atoms with Crippen molar-refractivity contribution in [3.8, 4) is 0 Å². The van der Waals surface area contributed by atoms with Crippen LogP contribution in [0, 0.1) is 0 Å². The number of hydrogen-bond acceptors (Lipinski definition) is 3. The van der Waals surface area contributed by atoms with Crippen molar-refractivity contribution in [3.63, 3.8) is 0 Å². The number of rotatable bonds is 5. The molecule has 3 nitrogen and oxygen atoms in total. The predicted octanol–water partition coefficient (Wildman–Crippen LogP) is -0.0295. The molecule has 0 aliphatic carbocycles. The number of hydrogen-bond donors (Lipinski definition) is 0. The molecule has 0 aromatic rings. The Morgan fingerprint density at radius 1 is 1.36 bits per heavy atom. The lowest BCUT2D eigenvalue weighted by atomic mass is 10.4.